The fourth-order valence-corrected chi connectivity index (χ4v) is 3.27. The van der Waals surface area contributed by atoms with Crippen molar-refractivity contribution < 1.29 is 14.3 Å². The summed E-state index contributed by atoms with van der Waals surface area (Å²) in [7, 11) is 1.65. The van der Waals surface area contributed by atoms with Gasteiger partial charge in [-0.2, -0.15) is 5.10 Å². The average Bonchev–Trinajstić information content (AvgIpc) is 3.05. The smallest absolute Gasteiger partial charge is 0.343 e. The molecular weight excluding hydrogens is 380 g/mol. The molecule has 0 spiro atoms. The molecule has 1 heterocycles. The number of hydrogen-bond acceptors (Lipinski definition) is 5. The summed E-state index contributed by atoms with van der Waals surface area (Å²) in [5.41, 5.74) is 0.952. The van der Waals surface area contributed by atoms with Crippen LogP contribution in [0.5, 0.6) is 0 Å². The second-order valence-corrected chi connectivity index (χ2v) is 6.89. The molecule has 0 unspecified atom stereocenters. The highest BCUT2D eigenvalue weighted by atomic mass is 35.5. The largest absolute Gasteiger partial charge is 0.462 e. The molecule has 2 rings (SSSR count). The van der Waals surface area contributed by atoms with Gasteiger partial charge in [-0.15, -0.1) is 0 Å². The Labute approximate surface area is 170 Å². The zero-order valence-corrected chi connectivity index (χ0v) is 17.5. The number of aromatic nitrogens is 2. The topological polar surface area (TPSA) is 85.2 Å². The van der Waals surface area contributed by atoms with Crippen LogP contribution in [0.4, 0.5) is 5.82 Å². The summed E-state index contributed by atoms with van der Waals surface area (Å²) in [5.74, 6) is -0.471. The summed E-state index contributed by atoms with van der Waals surface area (Å²) in [6.45, 7) is 6.20. The monoisotopic (exact) mass is 406 g/mol. The lowest BCUT2D eigenvalue weighted by atomic mass is 9.84. The molecule has 1 aromatic carbocycles. The quantitative estimate of drug-likeness (QED) is 0.622. The number of rotatable bonds is 9. The second kappa shape index (κ2) is 9.71. The first-order valence-corrected chi connectivity index (χ1v) is 9.74. The molecule has 0 bridgehead atoms. The summed E-state index contributed by atoms with van der Waals surface area (Å²) in [5, 5.41) is 10.8. The summed E-state index contributed by atoms with van der Waals surface area (Å²) >= 11 is 6.00. The normalized spacial score (nSPS) is 11.3. The van der Waals surface area contributed by atoms with Gasteiger partial charge in [-0.05, 0) is 37.5 Å². The van der Waals surface area contributed by atoms with E-state index in [2.05, 4.69) is 29.6 Å². The van der Waals surface area contributed by atoms with E-state index < -0.39 is 5.97 Å². The van der Waals surface area contributed by atoms with Crippen LogP contribution >= 0.6 is 11.6 Å². The predicted molar refractivity (Wildman–Crippen MR) is 110 cm³/mol. The Morgan fingerprint density at radius 2 is 1.82 bits per heavy atom. The third-order valence-electron chi connectivity index (χ3n) is 4.88. The molecule has 1 amide bonds. The maximum Gasteiger partial charge on any atom is 0.343 e. The predicted octanol–water partition coefficient (Wildman–Crippen LogP) is 3.49. The zero-order valence-electron chi connectivity index (χ0n) is 16.7. The van der Waals surface area contributed by atoms with Gasteiger partial charge in [0, 0.05) is 17.6 Å². The van der Waals surface area contributed by atoms with Crippen molar-refractivity contribution in [2.75, 3.05) is 18.5 Å². The number of nitrogens with zero attached hydrogens (tertiary/aromatic N) is 2. The van der Waals surface area contributed by atoms with Crippen LogP contribution in [0, 0.1) is 0 Å². The van der Waals surface area contributed by atoms with Crippen LogP contribution in [0.3, 0.4) is 0 Å². The highest BCUT2D eigenvalue weighted by molar-refractivity contribution is 6.30. The molecular formula is C20H27ClN4O3. The van der Waals surface area contributed by atoms with Crippen molar-refractivity contribution in [2.45, 2.75) is 39.2 Å². The fourth-order valence-electron chi connectivity index (χ4n) is 3.15. The van der Waals surface area contributed by atoms with Crippen LogP contribution in [-0.4, -0.2) is 34.8 Å². The first-order valence-electron chi connectivity index (χ1n) is 9.36. The Morgan fingerprint density at radius 3 is 2.39 bits per heavy atom. The Hall–Kier alpha value is -2.38. The first kappa shape index (κ1) is 21.9. The van der Waals surface area contributed by atoms with Crippen LogP contribution in [0.25, 0.3) is 0 Å². The van der Waals surface area contributed by atoms with Gasteiger partial charge in [-0.1, -0.05) is 37.6 Å². The third-order valence-corrected chi connectivity index (χ3v) is 5.14. The Balaban J connectivity index is 2.11. The number of carbonyl (C=O) groups excluding carboxylic acids is 2. The zero-order chi connectivity index (χ0) is 20.7. The Morgan fingerprint density at radius 1 is 1.18 bits per heavy atom. The molecule has 28 heavy (non-hydrogen) atoms. The number of amides is 1. The molecule has 152 valence electrons. The molecule has 2 aromatic rings. The van der Waals surface area contributed by atoms with Gasteiger partial charge >= 0.3 is 5.97 Å². The molecule has 0 aliphatic heterocycles. The number of ether oxygens (including phenoxy) is 1. The van der Waals surface area contributed by atoms with Gasteiger partial charge in [-0.3, -0.25) is 14.8 Å². The van der Waals surface area contributed by atoms with E-state index in [1.807, 2.05) is 24.3 Å². The third kappa shape index (κ3) is 4.91. The minimum Gasteiger partial charge on any atom is -0.462 e. The number of halogens is 1. The summed E-state index contributed by atoms with van der Waals surface area (Å²) < 4.78 is 6.45. The fraction of sp³-hybridized carbons (Fsp3) is 0.450. The molecule has 8 heteroatoms. The summed E-state index contributed by atoms with van der Waals surface area (Å²) in [4.78, 5) is 24.6. The van der Waals surface area contributed by atoms with E-state index in [1.54, 1.807) is 14.0 Å². The van der Waals surface area contributed by atoms with E-state index >= 15 is 0 Å². The molecule has 0 saturated carbocycles. The second-order valence-electron chi connectivity index (χ2n) is 6.45. The molecule has 7 nitrogen and oxygen atoms in total. The van der Waals surface area contributed by atoms with Crippen molar-refractivity contribution in [3.8, 4) is 0 Å². The van der Waals surface area contributed by atoms with E-state index in [4.69, 9.17) is 16.3 Å². The number of anilines is 1. The highest BCUT2D eigenvalue weighted by Crippen LogP contribution is 2.29. The van der Waals surface area contributed by atoms with Gasteiger partial charge in [0.25, 0.3) is 0 Å². The van der Waals surface area contributed by atoms with Gasteiger partial charge in [0.05, 0.1) is 19.3 Å². The van der Waals surface area contributed by atoms with Gasteiger partial charge in [-0.25, -0.2) is 4.79 Å². The molecule has 0 saturated heterocycles. The lowest BCUT2D eigenvalue weighted by Gasteiger charge is -2.33. The SMILES string of the molecule is CCOC(=O)c1cnn(C)c1NC(=O)CNC(CC)(CC)c1ccc(Cl)cc1. The molecule has 0 fully saturated rings. The van der Waals surface area contributed by atoms with Gasteiger partial charge in [0.2, 0.25) is 5.91 Å². The van der Waals surface area contributed by atoms with Crippen LogP contribution in [0.15, 0.2) is 30.5 Å². The molecule has 0 atom stereocenters. The molecule has 0 aliphatic carbocycles. The Bertz CT molecular complexity index is 813. The van der Waals surface area contributed by atoms with E-state index in [9.17, 15) is 9.59 Å². The number of aryl methyl sites for hydroxylation is 1. The minimum atomic E-state index is -0.517. The first-order chi connectivity index (χ1) is 13.4. The van der Waals surface area contributed by atoms with Crippen LogP contribution in [0.1, 0.15) is 49.5 Å². The van der Waals surface area contributed by atoms with Crippen molar-refractivity contribution >= 4 is 29.3 Å². The molecule has 1 aromatic heterocycles. The van der Waals surface area contributed by atoms with Crippen LogP contribution in [0.2, 0.25) is 5.02 Å². The van der Waals surface area contributed by atoms with Gasteiger partial charge in [0.15, 0.2) is 0 Å². The van der Waals surface area contributed by atoms with Gasteiger partial charge < -0.3 is 10.1 Å². The van der Waals surface area contributed by atoms with Crippen molar-refractivity contribution in [2.24, 2.45) is 7.05 Å². The summed E-state index contributed by atoms with van der Waals surface area (Å²) in [6.07, 6.45) is 2.99. The van der Waals surface area contributed by atoms with Crippen LogP contribution in [-0.2, 0) is 22.1 Å². The number of carbonyl (C=O) groups is 2. The number of nitrogens with one attached hydrogen (secondary N) is 2. The van der Waals surface area contributed by atoms with Gasteiger partial charge in [0.1, 0.15) is 11.4 Å². The molecule has 0 aliphatic rings. The van der Waals surface area contributed by atoms with E-state index in [0.29, 0.717) is 10.8 Å². The van der Waals surface area contributed by atoms with E-state index in [-0.39, 0.29) is 30.2 Å². The maximum atomic E-state index is 12.6. The van der Waals surface area contributed by atoms with E-state index in [1.165, 1.54) is 10.9 Å². The molecule has 0 radical (unpaired) electrons. The van der Waals surface area contributed by atoms with E-state index in [0.717, 1.165) is 18.4 Å². The number of hydrogen-bond donors (Lipinski definition) is 2. The maximum absolute atomic E-state index is 12.6. The van der Waals surface area contributed by atoms with Crippen LogP contribution < -0.4 is 10.6 Å². The lowest BCUT2D eigenvalue weighted by Crippen LogP contribution is -2.45. The Kier molecular flexibility index (Phi) is 7.60. The van der Waals surface area contributed by atoms with Crippen molar-refractivity contribution in [1.29, 1.82) is 0 Å². The highest BCUT2D eigenvalue weighted by Gasteiger charge is 2.29. The number of benzene rings is 1. The molecule has 2 N–H and O–H groups in total. The van der Waals surface area contributed by atoms with Crippen molar-refractivity contribution in [3.63, 3.8) is 0 Å². The number of esters is 1. The average molecular weight is 407 g/mol. The minimum absolute atomic E-state index is 0.0811. The summed E-state index contributed by atoms with van der Waals surface area (Å²) in [6, 6.07) is 7.64. The standard InChI is InChI=1S/C20H27ClN4O3/c1-5-20(6-2,14-8-10-15(21)11-9-14)22-13-17(26)24-18-16(12-23-25(18)4)19(27)28-7-3/h8-12,22H,5-7,13H2,1-4H3,(H,24,26). The van der Waals surface area contributed by atoms with Crippen molar-refractivity contribution in [1.82, 2.24) is 15.1 Å². The lowest BCUT2D eigenvalue weighted by molar-refractivity contribution is -0.115. The van der Waals surface area contributed by atoms with Crippen molar-refractivity contribution in [3.05, 3.63) is 46.6 Å².